The maximum atomic E-state index is 13.3. The number of halogens is 1. The van der Waals surface area contributed by atoms with Gasteiger partial charge in [0, 0.05) is 28.6 Å². The van der Waals surface area contributed by atoms with E-state index < -0.39 is 15.9 Å². The van der Waals surface area contributed by atoms with E-state index in [2.05, 4.69) is 10.1 Å². The Morgan fingerprint density at radius 2 is 2.09 bits per heavy atom. The van der Waals surface area contributed by atoms with Crippen molar-refractivity contribution in [3.05, 3.63) is 40.2 Å². The van der Waals surface area contributed by atoms with Crippen molar-refractivity contribution in [1.82, 2.24) is 14.4 Å². The first-order valence-corrected chi connectivity index (χ1v) is 12.8. The molecule has 0 unspecified atom stereocenters. The maximum Gasteiger partial charge on any atom is 0.310 e. The molecule has 1 aliphatic heterocycles. The highest BCUT2D eigenvalue weighted by Gasteiger charge is 2.35. The van der Waals surface area contributed by atoms with E-state index in [0.717, 1.165) is 5.56 Å². The van der Waals surface area contributed by atoms with Crippen LogP contribution in [0.25, 0.3) is 22.2 Å². The quantitative estimate of drug-likeness (QED) is 0.467. The molecule has 8 nitrogen and oxygen atoms in total. The minimum absolute atomic E-state index is 0.118. The van der Waals surface area contributed by atoms with Crippen LogP contribution in [-0.2, 0) is 19.6 Å². The molecular formula is C21H22ClN3O5S2. The van der Waals surface area contributed by atoms with E-state index in [1.54, 1.807) is 44.2 Å². The zero-order valence-corrected chi connectivity index (χ0v) is 20.0. The number of thiophene rings is 1. The number of carbonyl (C=O) groups is 1. The van der Waals surface area contributed by atoms with E-state index >= 15 is 0 Å². The molecule has 0 N–H and O–H groups in total. The number of benzene rings is 1. The van der Waals surface area contributed by atoms with Gasteiger partial charge < -0.3 is 9.26 Å². The Bertz CT molecular complexity index is 1220. The summed E-state index contributed by atoms with van der Waals surface area (Å²) in [4.78, 5) is 17.9. The fourth-order valence-corrected chi connectivity index (χ4v) is 6.75. The summed E-state index contributed by atoms with van der Waals surface area (Å²) < 4.78 is 38.5. The lowest BCUT2D eigenvalue weighted by Crippen LogP contribution is -2.42. The molecule has 2 aromatic heterocycles. The number of rotatable bonds is 6. The first-order chi connectivity index (χ1) is 15.3. The lowest BCUT2D eigenvalue weighted by Gasteiger charge is -2.30. The Hall–Kier alpha value is -2.27. The lowest BCUT2D eigenvalue weighted by molar-refractivity contribution is -0.149. The molecule has 170 valence electrons. The third kappa shape index (κ3) is 4.59. The van der Waals surface area contributed by atoms with Crippen LogP contribution in [0, 0.1) is 12.8 Å². The number of aryl methyl sites for hydroxylation is 1. The molecule has 1 aliphatic rings. The van der Waals surface area contributed by atoms with Crippen molar-refractivity contribution in [3.63, 3.8) is 0 Å². The van der Waals surface area contributed by atoms with Crippen LogP contribution in [0.3, 0.4) is 0 Å². The van der Waals surface area contributed by atoms with Gasteiger partial charge in [0.15, 0.2) is 0 Å². The molecule has 4 rings (SSSR count). The van der Waals surface area contributed by atoms with Crippen molar-refractivity contribution < 1.29 is 22.5 Å². The SMILES string of the molecule is CCOC(=O)[C@H]1CCCN(S(=O)(=O)c2cc(-c3nc(-c4ccc(Cl)cc4)no3)sc2C)C1. The summed E-state index contributed by atoms with van der Waals surface area (Å²) in [5, 5.41) is 4.60. The third-order valence-corrected chi connectivity index (χ3v) is 8.64. The van der Waals surface area contributed by atoms with Gasteiger partial charge in [-0.2, -0.15) is 9.29 Å². The highest BCUT2D eigenvalue weighted by atomic mass is 35.5. The van der Waals surface area contributed by atoms with Gasteiger partial charge in [0.1, 0.15) is 0 Å². The number of aromatic nitrogens is 2. The topological polar surface area (TPSA) is 103 Å². The highest BCUT2D eigenvalue weighted by Crippen LogP contribution is 2.36. The third-order valence-electron chi connectivity index (χ3n) is 5.23. The molecule has 0 aliphatic carbocycles. The van der Waals surface area contributed by atoms with E-state index in [1.807, 2.05) is 0 Å². The number of hydrogen-bond acceptors (Lipinski definition) is 8. The van der Waals surface area contributed by atoms with Crippen LogP contribution in [0.1, 0.15) is 24.6 Å². The lowest BCUT2D eigenvalue weighted by atomic mass is 10.0. The van der Waals surface area contributed by atoms with E-state index in [1.165, 1.54) is 15.6 Å². The van der Waals surface area contributed by atoms with E-state index in [9.17, 15) is 13.2 Å². The molecule has 1 atom stereocenters. The summed E-state index contributed by atoms with van der Waals surface area (Å²) in [5.41, 5.74) is 0.740. The molecule has 0 amide bonds. The standard InChI is InChI=1S/C21H22ClN3O5S2/c1-3-29-21(26)15-5-4-10-25(12-15)32(27,28)18-11-17(31-13(18)2)20-23-19(24-30-20)14-6-8-16(22)9-7-14/h6-9,11,15H,3-5,10,12H2,1-2H3/t15-/m0/s1. The van der Waals surface area contributed by atoms with Gasteiger partial charge in [-0.05, 0) is 57.0 Å². The van der Waals surface area contributed by atoms with Gasteiger partial charge in [-0.15, -0.1) is 11.3 Å². The largest absolute Gasteiger partial charge is 0.466 e. The maximum absolute atomic E-state index is 13.3. The first kappa shape index (κ1) is 22.9. The normalized spacial score (nSPS) is 17.4. The van der Waals surface area contributed by atoms with Gasteiger partial charge >= 0.3 is 5.97 Å². The monoisotopic (exact) mass is 495 g/mol. The summed E-state index contributed by atoms with van der Waals surface area (Å²) in [6, 6.07) is 8.58. The van der Waals surface area contributed by atoms with E-state index in [0.29, 0.717) is 40.0 Å². The van der Waals surface area contributed by atoms with Gasteiger partial charge in [-0.3, -0.25) is 4.79 Å². The minimum atomic E-state index is -3.78. The predicted molar refractivity (Wildman–Crippen MR) is 121 cm³/mol. The Morgan fingerprint density at radius 3 is 2.81 bits per heavy atom. The molecule has 11 heteroatoms. The zero-order chi connectivity index (χ0) is 22.9. The van der Waals surface area contributed by atoms with Gasteiger partial charge in [0.2, 0.25) is 15.8 Å². The Labute approximate surface area is 195 Å². The van der Waals surface area contributed by atoms with Crippen LogP contribution in [0.5, 0.6) is 0 Å². The fraction of sp³-hybridized carbons (Fsp3) is 0.381. The number of hydrogen-bond donors (Lipinski definition) is 0. The van der Waals surface area contributed by atoms with Crippen LogP contribution in [-0.4, -0.2) is 48.5 Å². The Kier molecular flexibility index (Phi) is 6.66. The summed E-state index contributed by atoms with van der Waals surface area (Å²) >= 11 is 7.19. The molecule has 0 saturated carbocycles. The predicted octanol–water partition coefficient (Wildman–Crippen LogP) is 4.39. The van der Waals surface area contributed by atoms with Crippen LogP contribution in [0.15, 0.2) is 39.8 Å². The summed E-state index contributed by atoms with van der Waals surface area (Å²) in [6.07, 6.45) is 1.22. The first-order valence-electron chi connectivity index (χ1n) is 10.2. The summed E-state index contributed by atoms with van der Waals surface area (Å²) in [7, 11) is -3.78. The van der Waals surface area contributed by atoms with Crippen molar-refractivity contribution >= 4 is 38.9 Å². The van der Waals surface area contributed by atoms with Gasteiger partial charge in [0.25, 0.3) is 5.89 Å². The second-order valence-corrected chi connectivity index (χ2v) is 11.0. The molecule has 0 spiro atoms. The van der Waals surface area contributed by atoms with Crippen molar-refractivity contribution in [2.45, 2.75) is 31.6 Å². The molecule has 1 fully saturated rings. The molecule has 0 bridgehead atoms. The number of nitrogens with zero attached hydrogens (tertiary/aromatic N) is 3. The van der Waals surface area contributed by atoms with Crippen molar-refractivity contribution in [1.29, 1.82) is 0 Å². The second kappa shape index (κ2) is 9.30. The van der Waals surface area contributed by atoms with Crippen molar-refractivity contribution in [2.75, 3.05) is 19.7 Å². The molecule has 0 radical (unpaired) electrons. The van der Waals surface area contributed by atoms with Crippen molar-refractivity contribution in [2.24, 2.45) is 5.92 Å². The highest BCUT2D eigenvalue weighted by molar-refractivity contribution is 7.89. The van der Waals surface area contributed by atoms with E-state index in [-0.39, 0.29) is 29.9 Å². The second-order valence-electron chi connectivity index (χ2n) is 7.42. The molecule has 32 heavy (non-hydrogen) atoms. The fourth-order valence-electron chi connectivity index (χ4n) is 3.62. The molecule has 1 saturated heterocycles. The average Bonchev–Trinajstić information content (AvgIpc) is 3.42. The molecular weight excluding hydrogens is 474 g/mol. The van der Waals surface area contributed by atoms with Crippen molar-refractivity contribution in [3.8, 4) is 22.2 Å². The number of piperidine rings is 1. The van der Waals surface area contributed by atoms with Gasteiger partial charge in [-0.25, -0.2) is 8.42 Å². The van der Waals surface area contributed by atoms with E-state index in [4.69, 9.17) is 20.9 Å². The average molecular weight is 496 g/mol. The molecule has 3 heterocycles. The van der Waals surface area contributed by atoms with Crippen LogP contribution < -0.4 is 0 Å². The number of carbonyl (C=O) groups excluding carboxylic acids is 1. The number of sulfonamides is 1. The summed E-state index contributed by atoms with van der Waals surface area (Å²) in [5.74, 6) is -0.168. The Morgan fingerprint density at radius 1 is 1.34 bits per heavy atom. The Balaban J connectivity index is 1.58. The number of ether oxygens (including phenoxy) is 1. The van der Waals surface area contributed by atoms with Gasteiger partial charge in [0.05, 0.1) is 22.3 Å². The number of esters is 1. The van der Waals surface area contributed by atoms with Crippen LogP contribution in [0.2, 0.25) is 5.02 Å². The van der Waals surface area contributed by atoms with Gasteiger partial charge in [-0.1, -0.05) is 16.8 Å². The minimum Gasteiger partial charge on any atom is -0.466 e. The molecule has 1 aromatic carbocycles. The van der Waals surface area contributed by atoms with Crippen LogP contribution >= 0.6 is 22.9 Å². The molecule has 3 aromatic rings. The summed E-state index contributed by atoms with van der Waals surface area (Å²) in [6.45, 7) is 4.24. The smallest absolute Gasteiger partial charge is 0.310 e. The van der Waals surface area contributed by atoms with Crippen LogP contribution in [0.4, 0.5) is 0 Å². The zero-order valence-electron chi connectivity index (χ0n) is 17.6.